The minimum Gasteiger partial charge on any atom is -0.337 e. The maximum Gasteiger partial charge on any atom is 0.278 e. The second-order valence-electron chi connectivity index (χ2n) is 4.21. The Morgan fingerprint density at radius 3 is 2.60 bits per heavy atom. The lowest BCUT2D eigenvalue weighted by molar-refractivity contribution is -0.385. The van der Waals surface area contributed by atoms with Gasteiger partial charge in [0, 0.05) is 6.07 Å². The molecule has 5 nitrogen and oxygen atoms in total. The van der Waals surface area contributed by atoms with Gasteiger partial charge >= 0.3 is 0 Å². The van der Waals surface area contributed by atoms with E-state index in [9.17, 15) is 10.1 Å². The Morgan fingerprint density at radius 2 is 1.85 bits per heavy atom. The molecular formula is C14H9N3O2S. The Balaban J connectivity index is 2.11. The van der Waals surface area contributed by atoms with E-state index in [1.165, 1.54) is 6.07 Å². The predicted molar refractivity (Wildman–Crippen MR) is 80.0 cm³/mol. The molecule has 3 rings (SSSR count). The molecule has 2 aromatic carbocycles. The number of rotatable bonds is 3. The summed E-state index contributed by atoms with van der Waals surface area (Å²) >= 11 is 5.34. The Hall–Kier alpha value is -2.60. The number of hydrogen-bond acceptors (Lipinski definition) is 4. The number of nitro groups is 1. The molecule has 0 aliphatic heterocycles. The summed E-state index contributed by atoms with van der Waals surface area (Å²) < 4.78 is 0. The Bertz CT molecular complexity index is 793. The van der Waals surface area contributed by atoms with Crippen molar-refractivity contribution in [2.45, 2.75) is 0 Å². The highest BCUT2D eigenvalue weighted by molar-refractivity contribution is 7.81. The van der Waals surface area contributed by atoms with E-state index in [0.717, 1.165) is 11.0 Å². The van der Waals surface area contributed by atoms with Crippen molar-refractivity contribution >= 4 is 33.8 Å². The number of para-hydroxylation sites is 3. The second kappa shape index (κ2) is 4.82. The van der Waals surface area contributed by atoms with E-state index in [2.05, 4.69) is 9.97 Å². The molecule has 0 radical (unpaired) electrons. The summed E-state index contributed by atoms with van der Waals surface area (Å²) in [6, 6.07) is 13.9. The maximum absolute atomic E-state index is 11.0. The average molecular weight is 283 g/mol. The van der Waals surface area contributed by atoms with E-state index in [-0.39, 0.29) is 5.69 Å². The van der Waals surface area contributed by atoms with Crippen LogP contribution in [0.25, 0.3) is 11.0 Å². The van der Waals surface area contributed by atoms with Crippen LogP contribution in [0.3, 0.4) is 0 Å². The number of hydrogen-bond donors (Lipinski definition) is 1. The highest BCUT2D eigenvalue weighted by atomic mass is 32.1. The smallest absolute Gasteiger partial charge is 0.278 e. The molecule has 0 spiro atoms. The van der Waals surface area contributed by atoms with Crippen LogP contribution < -0.4 is 0 Å². The van der Waals surface area contributed by atoms with Crippen molar-refractivity contribution in [3.05, 3.63) is 70.0 Å². The van der Waals surface area contributed by atoms with Gasteiger partial charge in [0.25, 0.3) is 5.69 Å². The van der Waals surface area contributed by atoms with Gasteiger partial charge in [0.05, 0.1) is 26.4 Å². The number of benzene rings is 2. The van der Waals surface area contributed by atoms with Gasteiger partial charge in [-0.15, -0.1) is 0 Å². The van der Waals surface area contributed by atoms with Crippen LogP contribution in [0.1, 0.15) is 11.4 Å². The van der Waals surface area contributed by atoms with E-state index < -0.39 is 4.92 Å². The molecule has 20 heavy (non-hydrogen) atoms. The molecule has 0 amide bonds. The van der Waals surface area contributed by atoms with E-state index in [0.29, 0.717) is 16.3 Å². The lowest BCUT2D eigenvalue weighted by atomic mass is 10.1. The van der Waals surface area contributed by atoms with E-state index in [1.807, 2.05) is 24.3 Å². The van der Waals surface area contributed by atoms with Crippen molar-refractivity contribution in [3.63, 3.8) is 0 Å². The highest BCUT2D eigenvalue weighted by Crippen LogP contribution is 2.22. The van der Waals surface area contributed by atoms with Crippen LogP contribution in [0.5, 0.6) is 0 Å². The number of thiocarbonyl (C=S) groups is 1. The first-order valence-electron chi connectivity index (χ1n) is 5.89. The SMILES string of the molecule is O=[N+]([O-])c1ccccc1C(=S)c1nc2ccccc2[nH]1. The van der Waals surface area contributed by atoms with Crippen LogP contribution in [0.4, 0.5) is 5.69 Å². The number of aromatic nitrogens is 2. The lowest BCUT2D eigenvalue weighted by Gasteiger charge is -2.01. The second-order valence-corrected chi connectivity index (χ2v) is 4.61. The van der Waals surface area contributed by atoms with Gasteiger partial charge in [-0.05, 0) is 18.2 Å². The van der Waals surface area contributed by atoms with Gasteiger partial charge in [-0.2, -0.15) is 0 Å². The number of nitrogens with zero attached hydrogens (tertiary/aromatic N) is 2. The Kier molecular flexibility index (Phi) is 3.00. The number of fused-ring (bicyclic) bond motifs is 1. The lowest BCUT2D eigenvalue weighted by Crippen LogP contribution is -2.05. The topological polar surface area (TPSA) is 71.8 Å². The van der Waals surface area contributed by atoms with Crippen molar-refractivity contribution < 1.29 is 4.92 Å². The predicted octanol–water partition coefficient (Wildman–Crippen LogP) is 3.24. The van der Waals surface area contributed by atoms with E-state index >= 15 is 0 Å². The van der Waals surface area contributed by atoms with Crippen LogP contribution >= 0.6 is 12.2 Å². The molecule has 0 fully saturated rings. The fraction of sp³-hybridized carbons (Fsp3) is 0. The monoisotopic (exact) mass is 283 g/mol. The molecule has 0 unspecified atom stereocenters. The van der Waals surface area contributed by atoms with Crippen molar-refractivity contribution in [1.29, 1.82) is 0 Å². The van der Waals surface area contributed by atoms with Crippen molar-refractivity contribution in [3.8, 4) is 0 Å². The van der Waals surface area contributed by atoms with Crippen LogP contribution in [-0.4, -0.2) is 19.8 Å². The third kappa shape index (κ3) is 2.06. The van der Waals surface area contributed by atoms with E-state index in [1.54, 1.807) is 18.2 Å². The number of H-pyrrole nitrogens is 1. The van der Waals surface area contributed by atoms with Crippen LogP contribution in [-0.2, 0) is 0 Å². The van der Waals surface area contributed by atoms with Gasteiger partial charge in [0.15, 0.2) is 0 Å². The summed E-state index contributed by atoms with van der Waals surface area (Å²) in [5.41, 5.74) is 2.01. The fourth-order valence-electron chi connectivity index (χ4n) is 2.01. The first-order chi connectivity index (χ1) is 9.66. The van der Waals surface area contributed by atoms with Gasteiger partial charge < -0.3 is 4.98 Å². The minimum atomic E-state index is -0.440. The number of nitrogens with one attached hydrogen (secondary N) is 1. The first kappa shape index (κ1) is 12.4. The number of imidazole rings is 1. The molecular weight excluding hydrogens is 274 g/mol. The third-order valence-corrected chi connectivity index (χ3v) is 3.36. The average Bonchev–Trinajstić information content (AvgIpc) is 2.90. The third-order valence-electron chi connectivity index (χ3n) is 2.95. The number of nitro benzene ring substituents is 1. The van der Waals surface area contributed by atoms with Crippen molar-refractivity contribution in [1.82, 2.24) is 9.97 Å². The molecule has 0 atom stereocenters. The van der Waals surface area contributed by atoms with Crippen molar-refractivity contribution in [2.75, 3.05) is 0 Å². The summed E-state index contributed by atoms with van der Waals surface area (Å²) in [7, 11) is 0. The van der Waals surface area contributed by atoms with Gasteiger partial charge in [-0.25, -0.2) is 4.98 Å². The standard InChI is InChI=1S/C14H9N3O2S/c18-17(19)12-8-4-1-5-9(12)13(20)14-15-10-6-2-3-7-11(10)16-14/h1-8H,(H,15,16). The molecule has 1 N–H and O–H groups in total. The first-order valence-corrected chi connectivity index (χ1v) is 6.30. The van der Waals surface area contributed by atoms with E-state index in [4.69, 9.17) is 12.2 Å². The molecule has 1 heterocycles. The van der Waals surface area contributed by atoms with Crippen LogP contribution in [0, 0.1) is 10.1 Å². The Labute approximate surface area is 119 Å². The number of aromatic amines is 1. The minimum absolute atomic E-state index is 0.0158. The molecule has 6 heteroatoms. The summed E-state index contributed by atoms with van der Waals surface area (Å²) in [4.78, 5) is 18.4. The largest absolute Gasteiger partial charge is 0.337 e. The summed E-state index contributed by atoms with van der Waals surface area (Å²) in [5, 5.41) is 11.0. The highest BCUT2D eigenvalue weighted by Gasteiger charge is 2.19. The van der Waals surface area contributed by atoms with Gasteiger partial charge in [0.2, 0.25) is 0 Å². The normalized spacial score (nSPS) is 10.6. The summed E-state index contributed by atoms with van der Waals surface area (Å²) in [5.74, 6) is 0.468. The quantitative estimate of drug-likeness (QED) is 0.346. The maximum atomic E-state index is 11.0. The molecule has 0 bridgehead atoms. The Morgan fingerprint density at radius 1 is 1.15 bits per heavy atom. The van der Waals surface area contributed by atoms with Crippen LogP contribution in [0.15, 0.2) is 48.5 Å². The fourth-order valence-corrected chi connectivity index (χ4v) is 2.28. The van der Waals surface area contributed by atoms with Crippen molar-refractivity contribution in [2.24, 2.45) is 0 Å². The summed E-state index contributed by atoms with van der Waals surface area (Å²) in [6.07, 6.45) is 0. The van der Waals surface area contributed by atoms with Gasteiger partial charge in [0.1, 0.15) is 5.82 Å². The molecule has 3 aromatic rings. The molecule has 98 valence electrons. The molecule has 0 aliphatic carbocycles. The molecule has 0 aliphatic rings. The molecule has 0 saturated carbocycles. The zero-order valence-corrected chi connectivity index (χ0v) is 11.1. The molecule has 0 saturated heterocycles. The zero-order valence-electron chi connectivity index (χ0n) is 10.2. The summed E-state index contributed by atoms with van der Waals surface area (Å²) in [6.45, 7) is 0. The molecule has 1 aromatic heterocycles. The van der Waals surface area contributed by atoms with Gasteiger partial charge in [-0.3, -0.25) is 10.1 Å². The van der Waals surface area contributed by atoms with Gasteiger partial charge in [-0.1, -0.05) is 36.5 Å². The van der Waals surface area contributed by atoms with Crippen LogP contribution in [0.2, 0.25) is 0 Å². The zero-order chi connectivity index (χ0) is 14.1.